The summed E-state index contributed by atoms with van der Waals surface area (Å²) < 4.78 is 11.9. The van der Waals surface area contributed by atoms with Crippen LogP contribution in [0.25, 0.3) is 21.7 Å². The Labute approximate surface area is 161 Å². The van der Waals surface area contributed by atoms with Crippen LogP contribution in [0.15, 0.2) is 40.8 Å². The van der Waals surface area contributed by atoms with E-state index in [9.17, 15) is 4.79 Å². The maximum absolute atomic E-state index is 11.4. The maximum atomic E-state index is 11.4. The number of carbonyl (C=O) groups excluding carboxylic acids is 1. The molecule has 3 N–H and O–H groups in total. The van der Waals surface area contributed by atoms with Gasteiger partial charge in [0.05, 0.1) is 22.4 Å². The molecule has 2 heterocycles. The van der Waals surface area contributed by atoms with Gasteiger partial charge in [0.15, 0.2) is 5.13 Å². The normalized spacial score (nSPS) is 10.9. The van der Waals surface area contributed by atoms with Crippen molar-refractivity contribution in [3.8, 4) is 17.2 Å². The van der Waals surface area contributed by atoms with Crippen molar-refractivity contribution in [1.82, 2.24) is 15.2 Å². The Morgan fingerprint density at radius 3 is 2.93 bits per heavy atom. The summed E-state index contributed by atoms with van der Waals surface area (Å²) in [6, 6.07) is 10.6. The lowest BCUT2D eigenvalue weighted by atomic mass is 10.1. The van der Waals surface area contributed by atoms with E-state index in [0.29, 0.717) is 16.4 Å². The van der Waals surface area contributed by atoms with E-state index in [4.69, 9.17) is 26.5 Å². The highest BCUT2D eigenvalue weighted by Gasteiger charge is 2.15. The zero-order valence-corrected chi connectivity index (χ0v) is 15.5. The number of anilines is 2. The molecule has 0 aliphatic heterocycles. The molecule has 0 fully saturated rings. The molecule has 4 rings (SSSR count). The first-order valence-electron chi connectivity index (χ1n) is 7.69. The largest absolute Gasteiger partial charge is 0.494 e. The van der Waals surface area contributed by atoms with Crippen LogP contribution in [0.2, 0.25) is 5.02 Å². The maximum Gasteiger partial charge on any atom is 0.322 e. The second kappa shape index (κ2) is 6.86. The summed E-state index contributed by atoms with van der Waals surface area (Å²) in [6.45, 7) is 0. The SMILES string of the molecule is COc1cccc2sc(Nc3nnc(-c4ccc(Cl)c(C(N)=O)c4)o3)nc12. The number of hydrogen-bond donors (Lipinski definition) is 2. The van der Waals surface area contributed by atoms with Crippen molar-refractivity contribution in [2.75, 3.05) is 12.4 Å². The molecule has 0 aliphatic carbocycles. The van der Waals surface area contributed by atoms with E-state index in [-0.39, 0.29) is 22.5 Å². The third-order valence-corrected chi connectivity index (χ3v) is 4.99. The Bertz CT molecular complexity index is 1160. The van der Waals surface area contributed by atoms with Crippen LogP contribution < -0.4 is 15.8 Å². The number of nitrogens with one attached hydrogen (secondary N) is 1. The van der Waals surface area contributed by atoms with Crippen LogP contribution in [0.3, 0.4) is 0 Å². The average Bonchev–Trinajstić information content (AvgIpc) is 3.28. The topological polar surface area (TPSA) is 116 Å². The Morgan fingerprint density at radius 1 is 1.30 bits per heavy atom. The van der Waals surface area contributed by atoms with E-state index in [1.54, 1.807) is 19.2 Å². The number of halogens is 1. The molecule has 0 atom stereocenters. The number of primary amides is 1. The summed E-state index contributed by atoms with van der Waals surface area (Å²) >= 11 is 7.38. The van der Waals surface area contributed by atoms with Gasteiger partial charge >= 0.3 is 6.01 Å². The van der Waals surface area contributed by atoms with Gasteiger partial charge in [0.25, 0.3) is 0 Å². The first-order valence-corrected chi connectivity index (χ1v) is 8.88. The minimum atomic E-state index is -0.636. The van der Waals surface area contributed by atoms with Crippen LogP contribution in [-0.4, -0.2) is 28.2 Å². The first kappa shape index (κ1) is 17.3. The van der Waals surface area contributed by atoms with Crippen LogP contribution in [0.1, 0.15) is 10.4 Å². The van der Waals surface area contributed by atoms with Gasteiger partial charge in [-0.2, -0.15) is 0 Å². The fraction of sp³-hybridized carbons (Fsp3) is 0.0588. The van der Waals surface area contributed by atoms with Crippen LogP contribution in [0.4, 0.5) is 11.1 Å². The van der Waals surface area contributed by atoms with Gasteiger partial charge in [-0.3, -0.25) is 10.1 Å². The molecule has 0 spiro atoms. The van der Waals surface area contributed by atoms with Crippen molar-refractivity contribution in [3.05, 3.63) is 47.0 Å². The van der Waals surface area contributed by atoms with Crippen molar-refractivity contribution >= 4 is 50.2 Å². The number of fused-ring (bicyclic) bond motifs is 1. The lowest BCUT2D eigenvalue weighted by Gasteiger charge is -2.01. The smallest absolute Gasteiger partial charge is 0.322 e. The highest BCUT2D eigenvalue weighted by molar-refractivity contribution is 7.22. The summed E-state index contributed by atoms with van der Waals surface area (Å²) in [6.07, 6.45) is 0. The highest BCUT2D eigenvalue weighted by atomic mass is 35.5. The van der Waals surface area contributed by atoms with Crippen molar-refractivity contribution in [1.29, 1.82) is 0 Å². The first-order chi connectivity index (χ1) is 13.0. The van der Waals surface area contributed by atoms with Crippen molar-refractivity contribution in [2.24, 2.45) is 5.73 Å². The molecule has 0 bridgehead atoms. The van der Waals surface area contributed by atoms with Gasteiger partial charge in [-0.15, -0.1) is 5.10 Å². The van der Waals surface area contributed by atoms with Gasteiger partial charge in [-0.05, 0) is 30.3 Å². The summed E-state index contributed by atoms with van der Waals surface area (Å²) in [7, 11) is 1.60. The molecule has 27 heavy (non-hydrogen) atoms. The monoisotopic (exact) mass is 401 g/mol. The third kappa shape index (κ3) is 3.29. The number of carbonyl (C=O) groups is 1. The number of thiazole rings is 1. The Balaban J connectivity index is 1.62. The molecule has 0 radical (unpaired) electrons. The van der Waals surface area contributed by atoms with Gasteiger partial charge in [0.1, 0.15) is 11.3 Å². The molecule has 4 aromatic rings. The van der Waals surface area contributed by atoms with Gasteiger partial charge in [0, 0.05) is 5.56 Å². The number of aromatic nitrogens is 3. The van der Waals surface area contributed by atoms with E-state index in [2.05, 4.69) is 20.5 Å². The molecule has 136 valence electrons. The number of hydrogen-bond acceptors (Lipinski definition) is 8. The van der Waals surface area contributed by atoms with Gasteiger partial charge in [-0.25, -0.2) is 4.98 Å². The molecule has 2 aromatic heterocycles. The van der Waals surface area contributed by atoms with E-state index >= 15 is 0 Å². The van der Waals surface area contributed by atoms with Gasteiger partial charge in [-0.1, -0.05) is 34.1 Å². The second-order valence-corrected chi connectivity index (χ2v) is 6.86. The average molecular weight is 402 g/mol. The lowest BCUT2D eigenvalue weighted by Crippen LogP contribution is -2.11. The number of methoxy groups -OCH3 is 1. The molecule has 2 aromatic carbocycles. The molecular weight excluding hydrogens is 390 g/mol. The van der Waals surface area contributed by atoms with E-state index in [1.807, 2.05) is 18.2 Å². The van der Waals surface area contributed by atoms with Crippen molar-refractivity contribution in [3.63, 3.8) is 0 Å². The molecule has 0 unspecified atom stereocenters. The molecule has 8 nitrogen and oxygen atoms in total. The lowest BCUT2D eigenvalue weighted by molar-refractivity contribution is 0.100. The standard InChI is InChI=1S/C17H12ClN5O3S/c1-25-11-3-2-4-12-13(11)20-17(27-12)21-16-23-22-15(26-16)8-5-6-10(18)9(7-8)14(19)24/h2-7H,1H3,(H2,19,24)(H,20,21,23). The van der Waals surface area contributed by atoms with Crippen LogP contribution >= 0.6 is 22.9 Å². The number of ether oxygens (including phenoxy) is 1. The number of amides is 1. The zero-order chi connectivity index (χ0) is 19.0. The quantitative estimate of drug-likeness (QED) is 0.521. The summed E-state index contributed by atoms with van der Waals surface area (Å²) in [4.78, 5) is 15.9. The van der Waals surface area contributed by atoms with E-state index in [0.717, 1.165) is 10.2 Å². The van der Waals surface area contributed by atoms with E-state index in [1.165, 1.54) is 17.4 Å². The summed E-state index contributed by atoms with van der Waals surface area (Å²) in [5.41, 5.74) is 6.76. The Morgan fingerprint density at radius 2 is 2.15 bits per heavy atom. The Kier molecular flexibility index (Phi) is 4.38. The fourth-order valence-electron chi connectivity index (χ4n) is 2.47. The predicted octanol–water partition coefficient (Wildman–Crippen LogP) is 3.85. The molecule has 10 heteroatoms. The number of rotatable bonds is 5. The third-order valence-electron chi connectivity index (χ3n) is 3.72. The summed E-state index contributed by atoms with van der Waals surface area (Å²) in [5, 5.41) is 11.8. The second-order valence-electron chi connectivity index (χ2n) is 5.42. The fourth-order valence-corrected chi connectivity index (χ4v) is 3.55. The predicted molar refractivity (Wildman–Crippen MR) is 103 cm³/mol. The number of para-hydroxylation sites is 1. The minimum Gasteiger partial charge on any atom is -0.494 e. The Hall–Kier alpha value is -3.17. The van der Waals surface area contributed by atoms with Crippen LogP contribution in [-0.2, 0) is 0 Å². The van der Waals surface area contributed by atoms with E-state index < -0.39 is 5.91 Å². The number of nitrogens with zero attached hydrogens (tertiary/aromatic N) is 3. The molecule has 1 amide bonds. The number of benzene rings is 2. The molecule has 0 aliphatic rings. The van der Waals surface area contributed by atoms with Crippen molar-refractivity contribution in [2.45, 2.75) is 0 Å². The molecular formula is C17H12ClN5O3S. The number of nitrogens with two attached hydrogens (primary N) is 1. The van der Waals surface area contributed by atoms with Gasteiger partial charge in [0.2, 0.25) is 11.8 Å². The van der Waals surface area contributed by atoms with Crippen LogP contribution in [0, 0.1) is 0 Å². The highest BCUT2D eigenvalue weighted by Crippen LogP contribution is 2.33. The zero-order valence-electron chi connectivity index (χ0n) is 13.9. The van der Waals surface area contributed by atoms with Crippen molar-refractivity contribution < 1.29 is 13.9 Å². The molecule has 0 saturated carbocycles. The summed E-state index contributed by atoms with van der Waals surface area (Å²) in [5.74, 6) is 0.265. The minimum absolute atomic E-state index is 0.165. The molecule has 0 saturated heterocycles. The van der Waals surface area contributed by atoms with Gasteiger partial charge < -0.3 is 14.9 Å². The van der Waals surface area contributed by atoms with Crippen LogP contribution in [0.5, 0.6) is 5.75 Å².